The van der Waals surface area contributed by atoms with E-state index in [4.69, 9.17) is 5.84 Å². The second kappa shape index (κ2) is 5.19. The van der Waals surface area contributed by atoms with Crippen LogP contribution in [0.25, 0.3) is 0 Å². The van der Waals surface area contributed by atoms with Crippen LogP contribution in [-0.2, 0) is 0 Å². The number of hydrogen-bond acceptors (Lipinski definition) is 6. The number of hydrogen-bond donors (Lipinski definition) is 3. The third kappa shape index (κ3) is 2.58. The Kier molecular flexibility index (Phi) is 3.44. The van der Waals surface area contributed by atoms with Crippen molar-refractivity contribution >= 4 is 17.5 Å². The molecule has 2 rings (SSSR count). The van der Waals surface area contributed by atoms with E-state index in [1.807, 2.05) is 13.0 Å². The van der Waals surface area contributed by atoms with Gasteiger partial charge in [-0.05, 0) is 24.6 Å². The number of benzene rings is 1. The SMILES string of the molecule is Cc1ccc(C(=O)Nc2nccnn2)c(NN)c1. The van der Waals surface area contributed by atoms with Crippen LogP contribution in [0.4, 0.5) is 11.6 Å². The standard InChI is InChI=1S/C11H12N6O/c1-7-2-3-8(9(6-7)16-12)10(18)15-11-13-4-5-14-17-11/h2-6,16H,12H2,1H3,(H,13,15,17,18). The Balaban J connectivity index is 2.24. The predicted molar refractivity (Wildman–Crippen MR) is 66.8 cm³/mol. The Morgan fingerprint density at radius 1 is 1.33 bits per heavy atom. The average molecular weight is 244 g/mol. The molecule has 0 aliphatic rings. The molecule has 0 saturated heterocycles. The highest BCUT2D eigenvalue weighted by Gasteiger charge is 2.12. The molecule has 0 atom stereocenters. The number of nitrogens with two attached hydrogens (primary N) is 1. The van der Waals surface area contributed by atoms with Crippen LogP contribution in [0.5, 0.6) is 0 Å². The fourth-order valence-corrected chi connectivity index (χ4v) is 1.45. The molecule has 0 aliphatic heterocycles. The molecule has 0 bridgehead atoms. The van der Waals surface area contributed by atoms with E-state index in [1.165, 1.54) is 12.4 Å². The molecule has 0 fully saturated rings. The van der Waals surface area contributed by atoms with Gasteiger partial charge in [-0.15, -0.1) is 5.10 Å². The van der Waals surface area contributed by atoms with Crippen LogP contribution < -0.4 is 16.6 Å². The molecule has 18 heavy (non-hydrogen) atoms. The predicted octanol–water partition coefficient (Wildman–Crippen LogP) is 0.718. The van der Waals surface area contributed by atoms with Gasteiger partial charge in [-0.2, -0.15) is 5.10 Å². The largest absolute Gasteiger partial charge is 0.323 e. The lowest BCUT2D eigenvalue weighted by Gasteiger charge is -2.09. The highest BCUT2D eigenvalue weighted by atomic mass is 16.1. The quantitative estimate of drug-likeness (QED) is 0.542. The fraction of sp³-hybridized carbons (Fsp3) is 0.0909. The average Bonchev–Trinajstić information content (AvgIpc) is 2.39. The number of aryl methyl sites for hydroxylation is 1. The fourth-order valence-electron chi connectivity index (χ4n) is 1.45. The van der Waals surface area contributed by atoms with Crippen LogP contribution in [0.2, 0.25) is 0 Å². The van der Waals surface area contributed by atoms with Crippen LogP contribution in [0.3, 0.4) is 0 Å². The van der Waals surface area contributed by atoms with Crippen molar-refractivity contribution in [2.75, 3.05) is 10.7 Å². The summed E-state index contributed by atoms with van der Waals surface area (Å²) < 4.78 is 0. The first-order valence-corrected chi connectivity index (χ1v) is 5.23. The molecule has 0 aliphatic carbocycles. The summed E-state index contributed by atoms with van der Waals surface area (Å²) in [6.45, 7) is 1.91. The number of nitrogens with one attached hydrogen (secondary N) is 2. The number of aromatic nitrogens is 3. The zero-order valence-electron chi connectivity index (χ0n) is 9.71. The minimum atomic E-state index is -0.351. The number of rotatable bonds is 3. The van der Waals surface area contributed by atoms with Gasteiger partial charge in [0.2, 0.25) is 5.95 Å². The normalized spacial score (nSPS) is 9.89. The lowest BCUT2D eigenvalue weighted by Crippen LogP contribution is -2.18. The van der Waals surface area contributed by atoms with E-state index < -0.39 is 0 Å². The summed E-state index contributed by atoms with van der Waals surface area (Å²) in [6.07, 6.45) is 2.87. The van der Waals surface area contributed by atoms with E-state index in [0.717, 1.165) is 5.56 Å². The summed E-state index contributed by atoms with van der Waals surface area (Å²) in [4.78, 5) is 15.9. The second-order valence-electron chi connectivity index (χ2n) is 3.61. The Morgan fingerprint density at radius 3 is 2.83 bits per heavy atom. The van der Waals surface area contributed by atoms with E-state index in [2.05, 4.69) is 25.9 Å². The molecule has 1 aromatic carbocycles. The molecule has 92 valence electrons. The number of carbonyl (C=O) groups excluding carboxylic acids is 1. The molecule has 0 saturated carbocycles. The summed E-state index contributed by atoms with van der Waals surface area (Å²) in [5.74, 6) is 5.17. The van der Waals surface area contributed by atoms with Crippen LogP contribution in [-0.4, -0.2) is 21.1 Å². The van der Waals surface area contributed by atoms with E-state index >= 15 is 0 Å². The first kappa shape index (κ1) is 11.9. The molecule has 1 heterocycles. The van der Waals surface area contributed by atoms with Crippen LogP contribution in [0.1, 0.15) is 15.9 Å². The van der Waals surface area contributed by atoms with Crippen molar-refractivity contribution in [3.05, 3.63) is 41.7 Å². The number of anilines is 2. The highest BCUT2D eigenvalue weighted by molar-refractivity contribution is 6.07. The van der Waals surface area contributed by atoms with E-state index in [9.17, 15) is 4.79 Å². The number of hydrazine groups is 1. The lowest BCUT2D eigenvalue weighted by atomic mass is 10.1. The van der Waals surface area contributed by atoms with Crippen molar-refractivity contribution in [1.29, 1.82) is 0 Å². The third-order valence-electron chi connectivity index (χ3n) is 2.28. The van der Waals surface area contributed by atoms with Crippen LogP contribution in [0, 0.1) is 6.92 Å². The molecule has 0 spiro atoms. The highest BCUT2D eigenvalue weighted by Crippen LogP contribution is 2.17. The summed E-state index contributed by atoms with van der Waals surface area (Å²) in [6, 6.07) is 5.27. The summed E-state index contributed by atoms with van der Waals surface area (Å²) in [5.41, 5.74) is 4.43. The molecule has 4 N–H and O–H groups in total. The van der Waals surface area contributed by atoms with E-state index in [1.54, 1.807) is 12.1 Å². The molecule has 1 amide bonds. The number of nitrogen functional groups attached to an aromatic ring is 1. The molecule has 7 nitrogen and oxygen atoms in total. The topological polar surface area (TPSA) is 106 Å². The van der Waals surface area contributed by atoms with Crippen molar-refractivity contribution in [3.8, 4) is 0 Å². The summed E-state index contributed by atoms with van der Waals surface area (Å²) >= 11 is 0. The minimum absolute atomic E-state index is 0.144. The zero-order chi connectivity index (χ0) is 13.0. The van der Waals surface area contributed by atoms with Gasteiger partial charge in [-0.3, -0.25) is 16.0 Å². The van der Waals surface area contributed by atoms with Gasteiger partial charge >= 0.3 is 0 Å². The maximum atomic E-state index is 12.0. The molecular weight excluding hydrogens is 232 g/mol. The number of carbonyl (C=O) groups is 1. The number of nitrogens with zero attached hydrogens (tertiary/aromatic N) is 3. The Hall–Kier alpha value is -2.54. The van der Waals surface area contributed by atoms with Gasteiger partial charge in [-0.1, -0.05) is 6.07 Å². The van der Waals surface area contributed by atoms with Gasteiger partial charge in [-0.25, -0.2) is 4.98 Å². The second-order valence-corrected chi connectivity index (χ2v) is 3.61. The van der Waals surface area contributed by atoms with Gasteiger partial charge in [0.05, 0.1) is 23.6 Å². The Morgan fingerprint density at radius 2 is 2.17 bits per heavy atom. The van der Waals surface area contributed by atoms with Crippen molar-refractivity contribution in [3.63, 3.8) is 0 Å². The first-order valence-electron chi connectivity index (χ1n) is 5.23. The maximum absolute atomic E-state index is 12.0. The van der Waals surface area contributed by atoms with Gasteiger partial charge in [0.15, 0.2) is 0 Å². The van der Waals surface area contributed by atoms with Crippen molar-refractivity contribution in [1.82, 2.24) is 15.2 Å². The Labute approximate surface area is 103 Å². The molecule has 2 aromatic rings. The molecule has 0 unspecified atom stereocenters. The van der Waals surface area contributed by atoms with Gasteiger partial charge in [0, 0.05) is 0 Å². The summed E-state index contributed by atoms with van der Waals surface area (Å²) in [7, 11) is 0. The van der Waals surface area contributed by atoms with Crippen molar-refractivity contribution in [2.24, 2.45) is 5.84 Å². The molecular formula is C11H12N6O. The van der Waals surface area contributed by atoms with Crippen LogP contribution >= 0.6 is 0 Å². The van der Waals surface area contributed by atoms with E-state index in [-0.39, 0.29) is 11.9 Å². The van der Waals surface area contributed by atoms with Gasteiger partial charge < -0.3 is 5.43 Å². The minimum Gasteiger partial charge on any atom is -0.323 e. The van der Waals surface area contributed by atoms with Gasteiger partial charge in [0.25, 0.3) is 5.91 Å². The molecule has 0 radical (unpaired) electrons. The maximum Gasteiger partial charge on any atom is 0.260 e. The van der Waals surface area contributed by atoms with Crippen molar-refractivity contribution < 1.29 is 4.79 Å². The lowest BCUT2D eigenvalue weighted by molar-refractivity contribution is 0.102. The summed E-state index contributed by atoms with van der Waals surface area (Å²) in [5, 5.41) is 9.83. The first-order chi connectivity index (χ1) is 8.70. The molecule has 1 aromatic heterocycles. The van der Waals surface area contributed by atoms with Gasteiger partial charge in [0.1, 0.15) is 0 Å². The third-order valence-corrected chi connectivity index (χ3v) is 2.28. The molecule has 7 heteroatoms. The van der Waals surface area contributed by atoms with E-state index in [0.29, 0.717) is 11.3 Å². The van der Waals surface area contributed by atoms with Crippen LogP contribution in [0.15, 0.2) is 30.6 Å². The smallest absolute Gasteiger partial charge is 0.260 e. The van der Waals surface area contributed by atoms with Crippen molar-refractivity contribution in [2.45, 2.75) is 6.92 Å². The monoisotopic (exact) mass is 244 g/mol. The Bertz CT molecular complexity index is 557. The number of amides is 1. The zero-order valence-corrected chi connectivity index (χ0v) is 9.71.